The molecule has 0 spiro atoms. The van der Waals surface area contributed by atoms with Gasteiger partial charge in [0.05, 0.1) is 12.6 Å². The minimum absolute atomic E-state index is 0.00934. The maximum absolute atomic E-state index is 12.1. The van der Waals surface area contributed by atoms with Gasteiger partial charge in [-0.05, 0) is 37.2 Å². The molecular weight excluding hydrogens is 322 g/mol. The predicted molar refractivity (Wildman–Crippen MR) is 96.7 cm³/mol. The fraction of sp³-hybridized carbons (Fsp3) is 0.389. The van der Waals surface area contributed by atoms with E-state index in [0.29, 0.717) is 13.1 Å². The van der Waals surface area contributed by atoms with E-state index in [1.54, 1.807) is 11.3 Å². The van der Waals surface area contributed by atoms with E-state index in [9.17, 15) is 4.79 Å². The Balaban J connectivity index is 1.43. The molecule has 0 bridgehead atoms. The van der Waals surface area contributed by atoms with Gasteiger partial charge in [0.15, 0.2) is 0 Å². The summed E-state index contributed by atoms with van der Waals surface area (Å²) in [6, 6.07) is 12.2. The smallest absolute Gasteiger partial charge is 0.314 e. The minimum Gasteiger partial charge on any atom is -0.488 e. The van der Waals surface area contributed by atoms with E-state index in [0.717, 1.165) is 12.2 Å². The van der Waals surface area contributed by atoms with Gasteiger partial charge in [-0.15, -0.1) is 11.3 Å². The normalized spacial score (nSPS) is 17.2. The highest BCUT2D eigenvalue weighted by Gasteiger charge is 2.23. The highest BCUT2D eigenvalue weighted by Crippen LogP contribution is 2.27. The number of benzene rings is 1. The average Bonchev–Trinajstić information content (AvgIpc) is 3.22. The Hall–Kier alpha value is -2.05. The number of ether oxygens (including phenoxy) is 1. The van der Waals surface area contributed by atoms with Crippen molar-refractivity contribution in [3.05, 3.63) is 52.2 Å². The van der Waals surface area contributed by atoms with Crippen molar-refractivity contribution in [1.82, 2.24) is 15.5 Å². The summed E-state index contributed by atoms with van der Waals surface area (Å²) in [7, 11) is 4.04. The number of carbonyl (C=O) groups is 1. The lowest BCUT2D eigenvalue weighted by Crippen LogP contribution is -2.43. The fourth-order valence-corrected chi connectivity index (χ4v) is 3.77. The van der Waals surface area contributed by atoms with E-state index in [2.05, 4.69) is 33.0 Å². The van der Waals surface area contributed by atoms with Crippen LogP contribution in [0.1, 0.15) is 16.5 Å². The lowest BCUT2D eigenvalue weighted by molar-refractivity contribution is 0.211. The molecule has 1 aliphatic rings. The van der Waals surface area contributed by atoms with Gasteiger partial charge in [-0.2, -0.15) is 0 Å². The van der Waals surface area contributed by atoms with E-state index < -0.39 is 0 Å². The van der Waals surface area contributed by atoms with E-state index in [-0.39, 0.29) is 18.2 Å². The number of nitrogens with one attached hydrogen (secondary N) is 2. The Bertz CT molecular complexity index is 648. The first-order valence-electron chi connectivity index (χ1n) is 8.09. The molecule has 1 aliphatic heterocycles. The zero-order valence-electron chi connectivity index (χ0n) is 14.0. The third-order valence-corrected chi connectivity index (χ3v) is 5.13. The summed E-state index contributed by atoms with van der Waals surface area (Å²) in [6.07, 6.45) is 0.849. The van der Waals surface area contributed by atoms with Crippen LogP contribution in [0.4, 0.5) is 4.79 Å². The first kappa shape index (κ1) is 16.8. The van der Waals surface area contributed by atoms with Crippen molar-refractivity contribution < 1.29 is 9.53 Å². The molecule has 2 N–H and O–H groups in total. The third kappa shape index (κ3) is 4.07. The van der Waals surface area contributed by atoms with Crippen LogP contribution in [0.15, 0.2) is 41.8 Å². The summed E-state index contributed by atoms with van der Waals surface area (Å²) in [5, 5.41) is 7.92. The van der Waals surface area contributed by atoms with Gasteiger partial charge < -0.3 is 20.3 Å². The summed E-state index contributed by atoms with van der Waals surface area (Å²) < 4.78 is 5.83. The van der Waals surface area contributed by atoms with Crippen LogP contribution in [0.3, 0.4) is 0 Å². The van der Waals surface area contributed by atoms with Crippen LogP contribution in [0.5, 0.6) is 5.75 Å². The van der Waals surface area contributed by atoms with Crippen molar-refractivity contribution in [2.24, 2.45) is 0 Å². The summed E-state index contributed by atoms with van der Waals surface area (Å²) >= 11 is 1.70. The second-order valence-electron chi connectivity index (χ2n) is 6.14. The first-order valence-corrected chi connectivity index (χ1v) is 8.97. The van der Waals surface area contributed by atoms with Crippen molar-refractivity contribution in [2.75, 3.05) is 27.2 Å². The first-order chi connectivity index (χ1) is 11.6. The molecule has 1 aromatic heterocycles. The van der Waals surface area contributed by atoms with Crippen LogP contribution in [0, 0.1) is 0 Å². The molecule has 0 saturated carbocycles. The highest BCUT2D eigenvalue weighted by molar-refractivity contribution is 7.10. The van der Waals surface area contributed by atoms with Gasteiger partial charge >= 0.3 is 6.03 Å². The molecule has 2 heterocycles. The van der Waals surface area contributed by atoms with Crippen molar-refractivity contribution in [2.45, 2.75) is 18.6 Å². The SMILES string of the molecule is CN(C)[C@H](CNC(=O)NC[C@@H]1Cc2ccccc2O1)c1cccs1. The number of hydrogen-bond donors (Lipinski definition) is 2. The lowest BCUT2D eigenvalue weighted by atomic mass is 10.1. The Morgan fingerprint density at radius 3 is 2.83 bits per heavy atom. The van der Waals surface area contributed by atoms with Gasteiger partial charge in [-0.25, -0.2) is 4.79 Å². The van der Waals surface area contributed by atoms with Gasteiger partial charge in [-0.3, -0.25) is 0 Å². The van der Waals surface area contributed by atoms with E-state index >= 15 is 0 Å². The van der Waals surface area contributed by atoms with Gasteiger partial charge in [0.25, 0.3) is 0 Å². The second kappa shape index (κ2) is 7.68. The van der Waals surface area contributed by atoms with Crippen LogP contribution in [-0.2, 0) is 6.42 Å². The number of rotatable bonds is 6. The van der Waals surface area contributed by atoms with Crippen molar-refractivity contribution >= 4 is 17.4 Å². The standard InChI is InChI=1S/C18H23N3O2S/c1-21(2)15(17-8-5-9-24-17)12-20-18(22)19-11-14-10-13-6-3-4-7-16(13)23-14/h3-9,14-15H,10-12H2,1-2H3,(H2,19,20,22)/t14-,15+/m0/s1. The van der Waals surface area contributed by atoms with Gasteiger partial charge in [0, 0.05) is 17.8 Å². The Kier molecular flexibility index (Phi) is 5.37. The molecule has 2 atom stereocenters. The number of likely N-dealkylation sites (N-methyl/N-ethyl adjacent to an activating group) is 1. The molecule has 2 amide bonds. The minimum atomic E-state index is -0.155. The molecule has 0 aliphatic carbocycles. The van der Waals surface area contributed by atoms with Gasteiger partial charge in [0.1, 0.15) is 11.9 Å². The summed E-state index contributed by atoms with van der Waals surface area (Å²) in [5.41, 5.74) is 1.20. The molecule has 0 fully saturated rings. The molecule has 128 valence electrons. The van der Waals surface area contributed by atoms with Gasteiger partial charge in [0.2, 0.25) is 0 Å². The Morgan fingerprint density at radius 1 is 1.29 bits per heavy atom. The quantitative estimate of drug-likeness (QED) is 0.846. The number of para-hydroxylation sites is 1. The number of nitrogens with zero attached hydrogens (tertiary/aromatic N) is 1. The number of amides is 2. The molecule has 1 aromatic carbocycles. The van der Waals surface area contributed by atoms with Crippen molar-refractivity contribution in [3.8, 4) is 5.75 Å². The molecular formula is C18H23N3O2S. The molecule has 0 unspecified atom stereocenters. The summed E-state index contributed by atoms with van der Waals surface area (Å²) in [6.45, 7) is 1.08. The zero-order chi connectivity index (χ0) is 16.9. The largest absolute Gasteiger partial charge is 0.488 e. The van der Waals surface area contributed by atoms with E-state index in [1.165, 1.54) is 10.4 Å². The highest BCUT2D eigenvalue weighted by atomic mass is 32.1. The molecule has 6 heteroatoms. The lowest BCUT2D eigenvalue weighted by Gasteiger charge is -2.23. The summed E-state index contributed by atoms with van der Waals surface area (Å²) in [5.74, 6) is 0.926. The number of carbonyl (C=O) groups excluding carboxylic acids is 1. The Labute approximate surface area is 146 Å². The molecule has 24 heavy (non-hydrogen) atoms. The molecule has 0 radical (unpaired) electrons. The molecule has 2 aromatic rings. The van der Waals surface area contributed by atoms with Crippen LogP contribution in [-0.4, -0.2) is 44.2 Å². The molecule has 0 saturated heterocycles. The van der Waals surface area contributed by atoms with E-state index in [1.807, 2.05) is 38.4 Å². The topological polar surface area (TPSA) is 53.6 Å². The third-order valence-electron chi connectivity index (χ3n) is 4.16. The van der Waals surface area contributed by atoms with Crippen molar-refractivity contribution in [1.29, 1.82) is 0 Å². The summed E-state index contributed by atoms with van der Waals surface area (Å²) in [4.78, 5) is 15.4. The number of thiophene rings is 1. The Morgan fingerprint density at radius 2 is 2.12 bits per heavy atom. The molecule has 3 rings (SSSR count). The van der Waals surface area contributed by atoms with Crippen LogP contribution in [0.25, 0.3) is 0 Å². The molecule has 5 nitrogen and oxygen atoms in total. The number of fused-ring (bicyclic) bond motifs is 1. The van der Waals surface area contributed by atoms with Crippen molar-refractivity contribution in [3.63, 3.8) is 0 Å². The van der Waals surface area contributed by atoms with Gasteiger partial charge in [-0.1, -0.05) is 24.3 Å². The fourth-order valence-electron chi connectivity index (χ4n) is 2.84. The monoisotopic (exact) mass is 345 g/mol. The van der Waals surface area contributed by atoms with Crippen LogP contribution < -0.4 is 15.4 Å². The van der Waals surface area contributed by atoms with E-state index in [4.69, 9.17) is 4.74 Å². The average molecular weight is 345 g/mol. The maximum Gasteiger partial charge on any atom is 0.314 e. The number of urea groups is 1. The number of hydrogen-bond acceptors (Lipinski definition) is 4. The van der Waals surface area contributed by atoms with Crippen LogP contribution in [0.2, 0.25) is 0 Å². The second-order valence-corrected chi connectivity index (χ2v) is 7.12. The maximum atomic E-state index is 12.1. The predicted octanol–water partition coefficient (Wildman–Crippen LogP) is 2.65. The van der Waals surface area contributed by atoms with Crippen LogP contribution >= 0.6 is 11.3 Å². The zero-order valence-corrected chi connectivity index (χ0v) is 14.8.